The second-order valence-corrected chi connectivity index (χ2v) is 9.48. The molecule has 0 aliphatic carbocycles. The maximum absolute atomic E-state index is 13.7. The quantitative estimate of drug-likeness (QED) is 0.301. The Labute approximate surface area is 204 Å². The van der Waals surface area contributed by atoms with Gasteiger partial charge in [0.2, 0.25) is 0 Å². The van der Waals surface area contributed by atoms with Crippen LogP contribution >= 0.6 is 0 Å². The fourth-order valence-electron chi connectivity index (χ4n) is 4.50. The number of rotatable bonds is 11. The van der Waals surface area contributed by atoms with Crippen molar-refractivity contribution in [3.05, 3.63) is 50.6 Å². The molecule has 0 amide bonds. The zero-order chi connectivity index (χ0) is 25.6. The third-order valence-electron chi connectivity index (χ3n) is 7.05. The number of pyridine rings is 2. The summed E-state index contributed by atoms with van der Waals surface area (Å²) < 4.78 is 6.10. The number of hydrogen-bond donors (Lipinski definition) is 1. The molecule has 186 valence electrons. The number of ether oxygens (including phenoxy) is 1. The number of carbonyl (C=O) groups excluding carboxylic acids is 1. The van der Waals surface area contributed by atoms with E-state index < -0.39 is 5.97 Å². The molecule has 0 aromatic carbocycles. The Morgan fingerprint density at radius 2 is 1.15 bits per heavy atom. The first-order valence-corrected chi connectivity index (χ1v) is 12.3. The number of aliphatic carboxylic acids is 1. The second kappa shape index (κ2) is 12.1. The van der Waals surface area contributed by atoms with Crippen molar-refractivity contribution in [2.24, 2.45) is 0 Å². The first-order chi connectivity index (χ1) is 16.0. The van der Waals surface area contributed by atoms with Crippen molar-refractivity contribution in [2.45, 2.75) is 106 Å². The summed E-state index contributed by atoms with van der Waals surface area (Å²) in [6, 6.07) is 0. The molecule has 0 aliphatic rings. The molecular weight excluding hydrogens is 428 g/mol. The highest BCUT2D eigenvalue weighted by Crippen LogP contribution is 2.34. The normalized spacial score (nSPS) is 12.0. The summed E-state index contributed by atoms with van der Waals surface area (Å²) in [5, 5.41) is 8.81. The van der Waals surface area contributed by atoms with Crippen LogP contribution in [0.2, 0.25) is 0 Å². The average Bonchev–Trinajstić information content (AvgIpc) is 2.77. The molecule has 2 aromatic heterocycles. The predicted molar refractivity (Wildman–Crippen MR) is 135 cm³/mol. The van der Waals surface area contributed by atoms with Gasteiger partial charge in [-0.2, -0.15) is 0 Å². The molecule has 6 nitrogen and oxygen atoms in total. The topological polar surface area (TPSA) is 89.4 Å². The molecule has 0 saturated carbocycles. The first-order valence-electron chi connectivity index (χ1n) is 12.3. The molecule has 0 fully saturated rings. The SMILES string of the molecule is Cc1nc(C)c(C)c(OC(=O)C(CCCCCCCC(=O)O)c2c(C)c(C)nc(C)c2C)c1C. The number of aromatic nitrogens is 2. The number of carbonyl (C=O) groups is 2. The number of carboxylic acid groups (broad SMARTS) is 1. The Morgan fingerprint density at radius 3 is 1.65 bits per heavy atom. The minimum atomic E-state index is -0.746. The molecule has 1 N–H and O–H groups in total. The van der Waals surface area contributed by atoms with Crippen LogP contribution in [-0.4, -0.2) is 27.0 Å². The van der Waals surface area contributed by atoms with E-state index in [1.165, 1.54) is 0 Å². The fraction of sp³-hybridized carbons (Fsp3) is 0.571. The molecule has 1 unspecified atom stereocenters. The van der Waals surface area contributed by atoms with Crippen LogP contribution in [0.5, 0.6) is 5.75 Å². The van der Waals surface area contributed by atoms with E-state index in [9.17, 15) is 9.59 Å². The molecule has 1 atom stereocenters. The number of aryl methyl sites for hydroxylation is 4. The summed E-state index contributed by atoms with van der Waals surface area (Å²) in [5.41, 5.74) is 8.51. The van der Waals surface area contributed by atoms with Crippen LogP contribution < -0.4 is 4.74 Å². The Hall–Kier alpha value is -2.76. The highest BCUT2D eigenvalue weighted by molar-refractivity contribution is 5.82. The van der Waals surface area contributed by atoms with Gasteiger partial charge >= 0.3 is 11.9 Å². The number of unbranched alkanes of at least 4 members (excludes halogenated alkanes) is 4. The molecule has 0 aliphatic heterocycles. The van der Waals surface area contributed by atoms with Gasteiger partial charge in [-0.3, -0.25) is 19.6 Å². The third-order valence-corrected chi connectivity index (χ3v) is 7.05. The average molecular weight is 469 g/mol. The van der Waals surface area contributed by atoms with E-state index >= 15 is 0 Å². The fourth-order valence-corrected chi connectivity index (χ4v) is 4.50. The predicted octanol–water partition coefficient (Wildman–Crippen LogP) is 6.45. The lowest BCUT2D eigenvalue weighted by Gasteiger charge is -2.24. The maximum atomic E-state index is 13.7. The highest BCUT2D eigenvalue weighted by Gasteiger charge is 2.29. The van der Waals surface area contributed by atoms with Gasteiger partial charge in [-0.15, -0.1) is 0 Å². The zero-order valence-electron chi connectivity index (χ0n) is 22.1. The van der Waals surface area contributed by atoms with Gasteiger partial charge in [0.25, 0.3) is 0 Å². The number of hydrogen-bond acceptors (Lipinski definition) is 5. The van der Waals surface area contributed by atoms with Crippen LogP contribution in [0.15, 0.2) is 0 Å². The number of nitrogens with zero attached hydrogens (tertiary/aromatic N) is 2. The van der Waals surface area contributed by atoms with Crippen molar-refractivity contribution >= 4 is 11.9 Å². The molecule has 2 aromatic rings. The van der Waals surface area contributed by atoms with Crippen molar-refractivity contribution in [1.82, 2.24) is 9.97 Å². The molecular formula is C28H40N2O4. The van der Waals surface area contributed by atoms with Crippen LogP contribution in [0.1, 0.15) is 101 Å². The summed E-state index contributed by atoms with van der Waals surface area (Å²) in [6.45, 7) is 15.8. The summed E-state index contributed by atoms with van der Waals surface area (Å²) in [7, 11) is 0. The molecule has 2 rings (SSSR count). The van der Waals surface area contributed by atoms with Gasteiger partial charge in [-0.05, 0) is 84.9 Å². The van der Waals surface area contributed by atoms with E-state index in [4.69, 9.17) is 9.84 Å². The third kappa shape index (κ3) is 6.64. The standard InChI is InChI=1S/C28H40N2O4/c1-16-20(5)29-21(6)17(2)26(16)24(14-12-10-9-11-13-15-25(31)32)28(33)34-27-18(3)22(7)30-23(8)19(27)4/h24H,9-15H2,1-8H3,(H,31,32). The number of esters is 1. The van der Waals surface area contributed by atoms with Gasteiger partial charge in [0.05, 0.1) is 5.92 Å². The maximum Gasteiger partial charge on any atom is 0.318 e. The van der Waals surface area contributed by atoms with Gasteiger partial charge in [-0.25, -0.2) is 0 Å². The Morgan fingerprint density at radius 1 is 0.706 bits per heavy atom. The van der Waals surface area contributed by atoms with Crippen molar-refractivity contribution in [1.29, 1.82) is 0 Å². The van der Waals surface area contributed by atoms with Crippen molar-refractivity contribution in [2.75, 3.05) is 0 Å². The molecule has 0 radical (unpaired) electrons. The first kappa shape index (κ1) is 27.5. The van der Waals surface area contributed by atoms with Crippen LogP contribution in [0.25, 0.3) is 0 Å². The van der Waals surface area contributed by atoms with Crippen LogP contribution in [0.4, 0.5) is 0 Å². The lowest BCUT2D eigenvalue weighted by molar-refractivity contribution is -0.137. The molecule has 6 heteroatoms. The second-order valence-electron chi connectivity index (χ2n) is 9.48. The highest BCUT2D eigenvalue weighted by atomic mass is 16.5. The van der Waals surface area contributed by atoms with Crippen molar-refractivity contribution in [3.8, 4) is 5.75 Å². The van der Waals surface area contributed by atoms with E-state index in [0.29, 0.717) is 18.6 Å². The van der Waals surface area contributed by atoms with Crippen LogP contribution in [0, 0.1) is 55.4 Å². The lowest BCUT2D eigenvalue weighted by Crippen LogP contribution is -2.23. The zero-order valence-corrected chi connectivity index (χ0v) is 22.1. The van der Waals surface area contributed by atoms with E-state index in [1.807, 2.05) is 55.4 Å². The molecule has 0 spiro atoms. The largest absolute Gasteiger partial charge is 0.481 e. The summed E-state index contributed by atoms with van der Waals surface area (Å²) in [5.74, 6) is -0.749. The van der Waals surface area contributed by atoms with E-state index in [2.05, 4.69) is 9.97 Å². The van der Waals surface area contributed by atoms with Crippen LogP contribution in [-0.2, 0) is 9.59 Å². The minimum Gasteiger partial charge on any atom is -0.481 e. The lowest BCUT2D eigenvalue weighted by atomic mass is 9.86. The Balaban J connectivity index is 2.30. The van der Waals surface area contributed by atoms with Gasteiger partial charge in [0.15, 0.2) is 0 Å². The summed E-state index contributed by atoms with van der Waals surface area (Å²) in [6.07, 6.45) is 5.27. The van der Waals surface area contributed by atoms with E-state index in [0.717, 1.165) is 76.3 Å². The molecule has 2 heterocycles. The van der Waals surface area contributed by atoms with Crippen LogP contribution in [0.3, 0.4) is 0 Å². The molecule has 0 bridgehead atoms. The van der Waals surface area contributed by atoms with E-state index in [-0.39, 0.29) is 18.3 Å². The summed E-state index contributed by atoms with van der Waals surface area (Å²) in [4.78, 5) is 33.6. The smallest absolute Gasteiger partial charge is 0.318 e. The van der Waals surface area contributed by atoms with Crippen molar-refractivity contribution < 1.29 is 19.4 Å². The van der Waals surface area contributed by atoms with Gasteiger partial charge in [0.1, 0.15) is 5.75 Å². The Bertz CT molecular complexity index is 1010. The number of carboxylic acids is 1. The molecule has 34 heavy (non-hydrogen) atoms. The van der Waals surface area contributed by atoms with Gasteiger partial charge in [-0.1, -0.05) is 25.7 Å². The van der Waals surface area contributed by atoms with Gasteiger partial charge in [0, 0.05) is 40.3 Å². The Kier molecular flexibility index (Phi) is 9.77. The monoisotopic (exact) mass is 468 g/mol. The van der Waals surface area contributed by atoms with Gasteiger partial charge < -0.3 is 9.84 Å². The van der Waals surface area contributed by atoms with Crippen molar-refractivity contribution in [3.63, 3.8) is 0 Å². The molecule has 0 saturated heterocycles. The summed E-state index contributed by atoms with van der Waals surface area (Å²) >= 11 is 0. The minimum absolute atomic E-state index is 0.215. The van der Waals surface area contributed by atoms with E-state index in [1.54, 1.807) is 0 Å².